The third kappa shape index (κ3) is 4.84. The summed E-state index contributed by atoms with van der Waals surface area (Å²) in [6.07, 6.45) is 1.57. The molecule has 3 rings (SSSR count). The molecule has 2 aromatic rings. The summed E-state index contributed by atoms with van der Waals surface area (Å²) in [5.41, 5.74) is 1.43. The number of hydrogen-bond acceptors (Lipinski definition) is 4. The van der Waals surface area contributed by atoms with E-state index in [0.29, 0.717) is 36.8 Å². The molecular weight excluding hydrogens is 342 g/mol. The zero-order valence-corrected chi connectivity index (χ0v) is 15.8. The van der Waals surface area contributed by atoms with Crippen LogP contribution in [-0.4, -0.2) is 41.4 Å². The standard InChI is InChI=1S/C21H25N3O3/c1-3-27-18-10-5-8-16(13-18)21(26)24-12-6-9-17(14-24)20(25)23-19-11-4-7-15(2)22-19/h4-5,7-8,10-11,13,17H,3,6,9,12,14H2,1-2H3,(H,22,23,25). The Bertz CT molecular complexity index is 822. The Hall–Kier alpha value is -2.89. The molecule has 1 aromatic carbocycles. The number of aromatic nitrogens is 1. The number of nitrogens with one attached hydrogen (secondary N) is 1. The Kier molecular flexibility index (Phi) is 6.06. The van der Waals surface area contributed by atoms with Crippen LogP contribution in [0.5, 0.6) is 5.75 Å². The molecule has 142 valence electrons. The minimum absolute atomic E-state index is 0.0669. The lowest BCUT2D eigenvalue weighted by Crippen LogP contribution is -2.43. The fourth-order valence-electron chi connectivity index (χ4n) is 3.28. The summed E-state index contributed by atoms with van der Waals surface area (Å²) in [5.74, 6) is 0.838. The second kappa shape index (κ2) is 8.66. The summed E-state index contributed by atoms with van der Waals surface area (Å²) >= 11 is 0. The Morgan fingerprint density at radius 2 is 2.07 bits per heavy atom. The van der Waals surface area contributed by atoms with Crippen molar-refractivity contribution in [3.63, 3.8) is 0 Å². The van der Waals surface area contributed by atoms with Crippen LogP contribution in [0.15, 0.2) is 42.5 Å². The smallest absolute Gasteiger partial charge is 0.254 e. The average Bonchev–Trinajstić information content (AvgIpc) is 2.68. The van der Waals surface area contributed by atoms with Crippen molar-refractivity contribution < 1.29 is 14.3 Å². The number of piperidine rings is 1. The molecule has 1 unspecified atom stereocenters. The number of hydrogen-bond donors (Lipinski definition) is 1. The highest BCUT2D eigenvalue weighted by molar-refractivity contribution is 5.96. The molecule has 2 amide bonds. The number of aryl methyl sites for hydroxylation is 1. The summed E-state index contributed by atoms with van der Waals surface area (Å²) in [6.45, 7) is 5.41. The number of nitrogens with zero attached hydrogens (tertiary/aromatic N) is 2. The maximum Gasteiger partial charge on any atom is 0.254 e. The van der Waals surface area contributed by atoms with E-state index in [2.05, 4.69) is 10.3 Å². The summed E-state index contributed by atoms with van der Waals surface area (Å²) in [5, 5.41) is 2.87. The van der Waals surface area contributed by atoms with E-state index in [0.717, 1.165) is 18.5 Å². The monoisotopic (exact) mass is 367 g/mol. The molecule has 0 saturated carbocycles. The van der Waals surface area contributed by atoms with Crippen LogP contribution >= 0.6 is 0 Å². The van der Waals surface area contributed by atoms with Gasteiger partial charge in [-0.25, -0.2) is 4.98 Å². The first-order valence-electron chi connectivity index (χ1n) is 9.33. The number of pyridine rings is 1. The molecule has 27 heavy (non-hydrogen) atoms. The van der Waals surface area contributed by atoms with Gasteiger partial charge in [-0.15, -0.1) is 0 Å². The molecule has 0 radical (unpaired) electrons. The molecule has 1 atom stereocenters. The van der Waals surface area contributed by atoms with Crippen molar-refractivity contribution in [3.8, 4) is 5.75 Å². The largest absolute Gasteiger partial charge is 0.494 e. The second-order valence-corrected chi connectivity index (χ2v) is 6.70. The van der Waals surface area contributed by atoms with E-state index in [1.165, 1.54) is 0 Å². The highest BCUT2D eigenvalue weighted by Gasteiger charge is 2.29. The topological polar surface area (TPSA) is 71.5 Å². The molecule has 6 heteroatoms. The van der Waals surface area contributed by atoms with Crippen molar-refractivity contribution in [1.82, 2.24) is 9.88 Å². The van der Waals surface area contributed by atoms with Crippen molar-refractivity contribution in [2.45, 2.75) is 26.7 Å². The second-order valence-electron chi connectivity index (χ2n) is 6.70. The molecule has 2 heterocycles. The molecular formula is C21H25N3O3. The number of ether oxygens (including phenoxy) is 1. The predicted molar refractivity (Wildman–Crippen MR) is 104 cm³/mol. The van der Waals surface area contributed by atoms with Crippen LogP contribution in [0, 0.1) is 12.8 Å². The van der Waals surface area contributed by atoms with E-state index in [1.807, 2.05) is 38.1 Å². The number of likely N-dealkylation sites (tertiary alicyclic amines) is 1. The molecule has 1 saturated heterocycles. The van der Waals surface area contributed by atoms with Gasteiger partial charge in [-0.05, 0) is 57.0 Å². The van der Waals surface area contributed by atoms with Gasteiger partial charge >= 0.3 is 0 Å². The molecule has 0 spiro atoms. The molecule has 1 aliphatic heterocycles. The van der Waals surface area contributed by atoms with Crippen LogP contribution in [0.4, 0.5) is 5.82 Å². The van der Waals surface area contributed by atoms with Crippen LogP contribution in [0.2, 0.25) is 0 Å². The van der Waals surface area contributed by atoms with E-state index in [4.69, 9.17) is 4.74 Å². The molecule has 6 nitrogen and oxygen atoms in total. The SMILES string of the molecule is CCOc1cccc(C(=O)N2CCCC(C(=O)Nc3cccc(C)n3)C2)c1. The maximum atomic E-state index is 12.9. The Morgan fingerprint density at radius 1 is 1.26 bits per heavy atom. The highest BCUT2D eigenvalue weighted by Crippen LogP contribution is 2.22. The molecule has 1 N–H and O–H groups in total. The minimum Gasteiger partial charge on any atom is -0.494 e. The molecule has 1 aromatic heterocycles. The van der Waals surface area contributed by atoms with E-state index < -0.39 is 0 Å². The summed E-state index contributed by atoms with van der Waals surface area (Å²) in [4.78, 5) is 31.5. The number of amides is 2. The first-order valence-corrected chi connectivity index (χ1v) is 9.33. The molecule has 1 aliphatic rings. The van der Waals surface area contributed by atoms with Gasteiger partial charge in [0.25, 0.3) is 5.91 Å². The van der Waals surface area contributed by atoms with Gasteiger partial charge in [0.05, 0.1) is 12.5 Å². The number of anilines is 1. The number of carbonyl (C=O) groups is 2. The van der Waals surface area contributed by atoms with Crippen LogP contribution in [0.25, 0.3) is 0 Å². The third-order valence-electron chi connectivity index (χ3n) is 4.61. The van der Waals surface area contributed by atoms with Crippen LogP contribution < -0.4 is 10.1 Å². The first-order chi connectivity index (χ1) is 13.1. The fraction of sp³-hybridized carbons (Fsp3) is 0.381. The number of rotatable bonds is 5. The normalized spacial score (nSPS) is 16.7. The van der Waals surface area contributed by atoms with Crippen molar-refractivity contribution in [2.75, 3.05) is 25.0 Å². The van der Waals surface area contributed by atoms with Gasteiger partial charge in [0.15, 0.2) is 0 Å². The van der Waals surface area contributed by atoms with Gasteiger partial charge < -0.3 is 15.0 Å². The third-order valence-corrected chi connectivity index (χ3v) is 4.61. The maximum absolute atomic E-state index is 12.9. The Morgan fingerprint density at radius 3 is 2.85 bits per heavy atom. The highest BCUT2D eigenvalue weighted by atomic mass is 16.5. The lowest BCUT2D eigenvalue weighted by molar-refractivity contribution is -0.121. The van der Waals surface area contributed by atoms with Crippen molar-refractivity contribution in [1.29, 1.82) is 0 Å². The summed E-state index contributed by atoms with van der Waals surface area (Å²) in [6, 6.07) is 12.7. The van der Waals surface area contributed by atoms with Gasteiger partial charge in [0.2, 0.25) is 5.91 Å². The van der Waals surface area contributed by atoms with Crippen molar-refractivity contribution >= 4 is 17.6 Å². The van der Waals surface area contributed by atoms with E-state index >= 15 is 0 Å². The summed E-state index contributed by atoms with van der Waals surface area (Å²) in [7, 11) is 0. The number of carbonyl (C=O) groups excluding carboxylic acids is 2. The summed E-state index contributed by atoms with van der Waals surface area (Å²) < 4.78 is 5.48. The van der Waals surface area contributed by atoms with Crippen molar-refractivity contribution in [3.05, 3.63) is 53.7 Å². The Labute approximate surface area is 159 Å². The van der Waals surface area contributed by atoms with E-state index in [9.17, 15) is 9.59 Å². The van der Waals surface area contributed by atoms with Crippen LogP contribution in [0.3, 0.4) is 0 Å². The molecule has 1 fully saturated rings. The average molecular weight is 367 g/mol. The zero-order valence-electron chi connectivity index (χ0n) is 15.8. The zero-order chi connectivity index (χ0) is 19.2. The quantitative estimate of drug-likeness (QED) is 0.880. The number of benzene rings is 1. The molecule has 0 aliphatic carbocycles. The Balaban J connectivity index is 1.65. The predicted octanol–water partition coefficient (Wildman–Crippen LogP) is 3.28. The molecule has 0 bridgehead atoms. The van der Waals surface area contributed by atoms with Crippen molar-refractivity contribution in [2.24, 2.45) is 5.92 Å². The lowest BCUT2D eigenvalue weighted by Gasteiger charge is -2.32. The first kappa shape index (κ1) is 18.9. The van der Waals surface area contributed by atoms with Crippen LogP contribution in [-0.2, 0) is 4.79 Å². The van der Waals surface area contributed by atoms with Crippen LogP contribution in [0.1, 0.15) is 35.8 Å². The minimum atomic E-state index is -0.236. The van der Waals surface area contributed by atoms with E-state index in [1.54, 1.807) is 23.1 Å². The van der Waals surface area contributed by atoms with E-state index in [-0.39, 0.29) is 17.7 Å². The van der Waals surface area contributed by atoms with Gasteiger partial charge in [-0.2, -0.15) is 0 Å². The van der Waals surface area contributed by atoms with Gasteiger partial charge in [0, 0.05) is 24.3 Å². The fourth-order valence-corrected chi connectivity index (χ4v) is 3.28. The lowest BCUT2D eigenvalue weighted by atomic mass is 9.96. The van der Waals surface area contributed by atoms with Gasteiger partial charge in [0.1, 0.15) is 11.6 Å². The van der Waals surface area contributed by atoms with Gasteiger partial charge in [-0.3, -0.25) is 9.59 Å². The van der Waals surface area contributed by atoms with Gasteiger partial charge in [-0.1, -0.05) is 12.1 Å².